The fraction of sp³-hybridized carbons (Fsp3) is 0.900. The van der Waals surface area contributed by atoms with Gasteiger partial charge in [0.2, 0.25) is 11.8 Å². The van der Waals surface area contributed by atoms with Crippen molar-refractivity contribution in [2.24, 2.45) is 5.73 Å². The quantitative estimate of drug-likeness (QED) is 0.0992. The Balaban J connectivity index is 4.28. The van der Waals surface area contributed by atoms with Crippen molar-refractivity contribution < 1.29 is 30.0 Å². The summed E-state index contributed by atoms with van der Waals surface area (Å²) >= 11 is 0. The first-order valence-corrected chi connectivity index (χ1v) is 11.0. The summed E-state index contributed by atoms with van der Waals surface area (Å²) in [5.41, 5.74) is 5.49. The molecule has 0 saturated carbocycles. The van der Waals surface area contributed by atoms with E-state index in [4.69, 9.17) is 5.73 Å². The van der Waals surface area contributed by atoms with E-state index in [1.807, 2.05) is 0 Å². The van der Waals surface area contributed by atoms with Gasteiger partial charge < -0.3 is 47.4 Å². The van der Waals surface area contributed by atoms with E-state index in [1.165, 1.54) is 14.0 Å². The average Bonchev–Trinajstić information content (AvgIpc) is 2.75. The highest BCUT2D eigenvalue weighted by molar-refractivity contribution is 5.89. The summed E-state index contributed by atoms with van der Waals surface area (Å²) in [6.45, 7) is 2.49. The Hall–Kier alpha value is -1.34. The van der Waals surface area contributed by atoms with Crippen molar-refractivity contribution in [1.82, 2.24) is 21.3 Å². The van der Waals surface area contributed by atoms with E-state index in [0.717, 1.165) is 25.7 Å². The minimum absolute atomic E-state index is 0.0670. The lowest BCUT2D eigenvalue weighted by atomic mass is 10.0. The molecule has 0 aromatic rings. The Kier molecular flexibility index (Phi) is 16.5. The molecule has 0 rings (SSSR count). The number of carbonyl (C=O) groups is 2. The van der Waals surface area contributed by atoms with Crippen LogP contribution < -0.4 is 27.0 Å². The highest BCUT2D eigenvalue weighted by Crippen LogP contribution is 2.06. The van der Waals surface area contributed by atoms with Crippen molar-refractivity contribution in [3.63, 3.8) is 0 Å². The van der Waals surface area contributed by atoms with E-state index < -0.39 is 36.5 Å². The monoisotopic (exact) mass is 449 g/mol. The number of aliphatic hydroxyl groups is 4. The van der Waals surface area contributed by atoms with Crippen molar-refractivity contribution in [2.75, 3.05) is 33.7 Å². The normalized spacial score (nSPS) is 17.3. The van der Waals surface area contributed by atoms with Crippen LogP contribution in [0.3, 0.4) is 0 Å². The molecule has 0 aliphatic heterocycles. The zero-order valence-electron chi connectivity index (χ0n) is 19.0. The predicted molar refractivity (Wildman–Crippen MR) is 118 cm³/mol. The number of nitrogens with one attached hydrogen (secondary N) is 4. The summed E-state index contributed by atoms with van der Waals surface area (Å²) in [6.07, 6.45) is -1.13. The SMILES string of the molecule is CNC(=O)C(CCCCN)NC(=O)C(CCCCNCC(O)[C@H](O)[C@H](O)C(C)O)NC. The minimum atomic E-state index is -1.44. The van der Waals surface area contributed by atoms with Gasteiger partial charge in [0.05, 0.1) is 18.2 Å². The third kappa shape index (κ3) is 12.3. The van der Waals surface area contributed by atoms with Crippen LogP contribution in [0.5, 0.6) is 0 Å². The molecule has 11 nitrogen and oxygen atoms in total. The van der Waals surface area contributed by atoms with Gasteiger partial charge >= 0.3 is 0 Å². The van der Waals surface area contributed by atoms with Gasteiger partial charge in [-0.2, -0.15) is 0 Å². The van der Waals surface area contributed by atoms with Crippen LogP contribution in [0.1, 0.15) is 45.4 Å². The minimum Gasteiger partial charge on any atom is -0.391 e. The van der Waals surface area contributed by atoms with Crippen molar-refractivity contribution in [3.05, 3.63) is 0 Å². The smallest absolute Gasteiger partial charge is 0.242 e. The number of carbonyl (C=O) groups excluding carboxylic acids is 2. The standard InChI is InChI=1S/C20H43N5O6/c1-13(26)17(28)18(29)16(27)12-24-11-7-5-8-14(22-2)20(31)25-15(19(30)23-3)9-4-6-10-21/h13-18,22,24,26-29H,4-12,21H2,1-3H3,(H,23,30)(H,25,31)/t13?,14?,15?,16?,17-,18+/m1/s1. The van der Waals surface area contributed by atoms with Gasteiger partial charge in [-0.25, -0.2) is 0 Å². The number of nitrogens with two attached hydrogens (primary N) is 1. The first-order chi connectivity index (χ1) is 14.7. The molecule has 0 aliphatic carbocycles. The highest BCUT2D eigenvalue weighted by atomic mass is 16.4. The molecule has 0 spiro atoms. The summed E-state index contributed by atoms with van der Waals surface area (Å²) < 4.78 is 0. The number of aliphatic hydroxyl groups excluding tert-OH is 4. The predicted octanol–water partition coefficient (Wildman–Crippen LogP) is -2.84. The van der Waals surface area contributed by atoms with E-state index in [9.17, 15) is 30.0 Å². The summed E-state index contributed by atoms with van der Waals surface area (Å²) in [7, 11) is 3.23. The van der Waals surface area contributed by atoms with Crippen molar-refractivity contribution >= 4 is 11.8 Å². The molecular weight excluding hydrogens is 406 g/mol. The van der Waals surface area contributed by atoms with Gasteiger partial charge in [0.25, 0.3) is 0 Å². The van der Waals surface area contributed by atoms with Crippen molar-refractivity contribution in [1.29, 1.82) is 0 Å². The molecule has 11 heteroatoms. The van der Waals surface area contributed by atoms with Crippen molar-refractivity contribution in [2.45, 2.75) is 81.9 Å². The summed E-state index contributed by atoms with van der Waals surface area (Å²) in [4.78, 5) is 24.6. The van der Waals surface area contributed by atoms with Crippen LogP contribution in [0.15, 0.2) is 0 Å². The highest BCUT2D eigenvalue weighted by Gasteiger charge is 2.27. The molecule has 0 aromatic carbocycles. The van der Waals surface area contributed by atoms with E-state index >= 15 is 0 Å². The van der Waals surface area contributed by atoms with Gasteiger partial charge in [-0.1, -0.05) is 6.42 Å². The molecule has 0 radical (unpaired) electrons. The molecule has 0 fully saturated rings. The molecule has 0 aromatic heterocycles. The second kappa shape index (κ2) is 17.2. The third-order valence-corrected chi connectivity index (χ3v) is 5.18. The van der Waals surface area contributed by atoms with E-state index in [0.29, 0.717) is 25.9 Å². The Morgan fingerprint density at radius 1 is 0.871 bits per heavy atom. The largest absolute Gasteiger partial charge is 0.391 e. The second-order valence-electron chi connectivity index (χ2n) is 7.79. The van der Waals surface area contributed by atoms with E-state index in [-0.39, 0.29) is 18.4 Å². The summed E-state index contributed by atoms with van der Waals surface area (Å²) in [5, 5.41) is 49.7. The maximum absolute atomic E-state index is 12.5. The maximum atomic E-state index is 12.5. The molecule has 184 valence electrons. The first-order valence-electron chi connectivity index (χ1n) is 11.0. The average molecular weight is 450 g/mol. The van der Waals surface area contributed by atoms with E-state index in [1.54, 1.807) is 7.05 Å². The van der Waals surface area contributed by atoms with Gasteiger partial charge in [-0.05, 0) is 59.2 Å². The topological polar surface area (TPSA) is 189 Å². The molecular formula is C20H43N5O6. The number of hydrogen-bond donors (Lipinski definition) is 9. The molecule has 10 N–H and O–H groups in total. The summed E-state index contributed by atoms with van der Waals surface area (Å²) in [6, 6.07) is -1.03. The number of amides is 2. The third-order valence-electron chi connectivity index (χ3n) is 5.18. The van der Waals surface area contributed by atoms with Gasteiger partial charge in [-0.3, -0.25) is 9.59 Å². The van der Waals surface area contributed by atoms with Crippen molar-refractivity contribution in [3.8, 4) is 0 Å². The van der Waals surface area contributed by atoms with Crippen LogP contribution >= 0.6 is 0 Å². The number of likely N-dealkylation sites (N-methyl/N-ethyl adjacent to an activating group) is 2. The number of unbranched alkanes of at least 4 members (excludes halogenated alkanes) is 2. The molecule has 0 heterocycles. The molecule has 2 amide bonds. The molecule has 4 unspecified atom stereocenters. The fourth-order valence-corrected chi connectivity index (χ4v) is 3.10. The maximum Gasteiger partial charge on any atom is 0.242 e. The van der Waals surface area contributed by atoms with Gasteiger partial charge in [0, 0.05) is 13.6 Å². The van der Waals surface area contributed by atoms with Gasteiger partial charge in [0.15, 0.2) is 0 Å². The zero-order valence-corrected chi connectivity index (χ0v) is 19.0. The second-order valence-corrected chi connectivity index (χ2v) is 7.79. The number of hydrogen-bond acceptors (Lipinski definition) is 9. The van der Waals surface area contributed by atoms with Crippen LogP contribution in [0.4, 0.5) is 0 Å². The van der Waals surface area contributed by atoms with E-state index in [2.05, 4.69) is 21.3 Å². The lowest BCUT2D eigenvalue weighted by Crippen LogP contribution is -2.51. The van der Waals surface area contributed by atoms with Gasteiger partial charge in [-0.15, -0.1) is 0 Å². The molecule has 31 heavy (non-hydrogen) atoms. The van der Waals surface area contributed by atoms with Gasteiger partial charge in [0.1, 0.15) is 18.2 Å². The molecule has 0 aliphatic rings. The summed E-state index contributed by atoms with van der Waals surface area (Å²) in [5.74, 6) is -0.464. The molecule has 0 saturated heterocycles. The van der Waals surface area contributed by atoms with Crippen LogP contribution in [0.25, 0.3) is 0 Å². The fourth-order valence-electron chi connectivity index (χ4n) is 3.10. The van der Waals surface area contributed by atoms with Crippen LogP contribution in [-0.2, 0) is 9.59 Å². The van der Waals surface area contributed by atoms with Crippen LogP contribution in [0.2, 0.25) is 0 Å². The number of rotatable bonds is 18. The Morgan fingerprint density at radius 2 is 1.48 bits per heavy atom. The van der Waals surface area contributed by atoms with Crippen LogP contribution in [-0.4, -0.2) is 102 Å². The Morgan fingerprint density at radius 3 is 2.03 bits per heavy atom. The molecule has 0 bridgehead atoms. The molecule has 6 atom stereocenters. The first kappa shape index (κ1) is 29.7. The Bertz CT molecular complexity index is 497. The van der Waals surface area contributed by atoms with Crippen LogP contribution in [0, 0.1) is 0 Å². The lowest BCUT2D eigenvalue weighted by molar-refractivity contribution is -0.130. The lowest BCUT2D eigenvalue weighted by Gasteiger charge is -2.25. The Labute approximate surface area is 185 Å². The zero-order chi connectivity index (χ0) is 23.8.